The molecule has 1 unspecified atom stereocenters. The molecule has 0 radical (unpaired) electrons. The van der Waals surface area contributed by atoms with E-state index in [0.717, 1.165) is 22.3 Å². The van der Waals surface area contributed by atoms with Crippen LogP contribution < -0.4 is 5.32 Å². The average molecular weight is 397 g/mol. The first-order chi connectivity index (χ1) is 13.9. The highest BCUT2D eigenvalue weighted by Gasteiger charge is 2.41. The van der Waals surface area contributed by atoms with Crippen LogP contribution in [0.2, 0.25) is 0 Å². The third kappa shape index (κ3) is 3.83. The van der Waals surface area contributed by atoms with Gasteiger partial charge < -0.3 is 24.6 Å². The third-order valence-electron chi connectivity index (χ3n) is 5.29. The van der Waals surface area contributed by atoms with E-state index >= 15 is 0 Å². The lowest BCUT2D eigenvalue weighted by Crippen LogP contribution is -2.50. The number of carbonyl (C=O) groups excluding carboxylic acids is 1. The molecule has 2 atom stereocenters. The molecule has 0 bridgehead atoms. The van der Waals surface area contributed by atoms with Crippen LogP contribution in [0.15, 0.2) is 48.5 Å². The van der Waals surface area contributed by atoms with Gasteiger partial charge in [0.25, 0.3) is 0 Å². The maximum atomic E-state index is 12.4. The summed E-state index contributed by atoms with van der Waals surface area (Å²) in [4.78, 5) is 24.0. The fourth-order valence-corrected chi connectivity index (χ4v) is 3.96. The largest absolute Gasteiger partial charge is 0.480 e. The van der Waals surface area contributed by atoms with Crippen molar-refractivity contribution in [3.8, 4) is 11.1 Å². The Morgan fingerprint density at radius 1 is 1.14 bits per heavy atom. The van der Waals surface area contributed by atoms with Gasteiger partial charge in [0.05, 0.1) is 6.61 Å². The molecule has 2 aliphatic rings. The maximum Gasteiger partial charge on any atom is 0.407 e. The molecule has 1 aliphatic carbocycles. The van der Waals surface area contributed by atoms with Crippen molar-refractivity contribution in [3.05, 3.63) is 59.7 Å². The minimum absolute atomic E-state index is 0.0770. The number of carboxylic acid groups (broad SMARTS) is 1. The lowest BCUT2D eigenvalue weighted by molar-refractivity contribution is -0.154. The summed E-state index contributed by atoms with van der Waals surface area (Å²) in [5.74, 6) is -2.19. The minimum Gasteiger partial charge on any atom is -0.480 e. The van der Waals surface area contributed by atoms with E-state index in [9.17, 15) is 14.7 Å². The van der Waals surface area contributed by atoms with Crippen LogP contribution in [-0.2, 0) is 19.0 Å². The molecule has 29 heavy (non-hydrogen) atoms. The monoisotopic (exact) mass is 397 g/mol. The quantitative estimate of drug-likeness (QED) is 0.805. The SMILES string of the molecule is CC1(C)OC[C@@H](C(NC(=O)OCC2c3ccccc3-c3ccccc32)C(=O)O)O1. The van der Waals surface area contributed by atoms with E-state index in [4.69, 9.17) is 14.2 Å². The summed E-state index contributed by atoms with van der Waals surface area (Å²) in [7, 11) is 0. The molecule has 7 nitrogen and oxygen atoms in total. The van der Waals surface area contributed by atoms with Gasteiger partial charge >= 0.3 is 12.1 Å². The second-order valence-corrected chi connectivity index (χ2v) is 7.65. The van der Waals surface area contributed by atoms with Crippen molar-refractivity contribution in [2.75, 3.05) is 13.2 Å². The smallest absolute Gasteiger partial charge is 0.407 e. The summed E-state index contributed by atoms with van der Waals surface area (Å²) in [5.41, 5.74) is 4.43. The molecule has 1 fully saturated rings. The lowest BCUT2D eigenvalue weighted by Gasteiger charge is -2.22. The van der Waals surface area contributed by atoms with Gasteiger partial charge in [0.2, 0.25) is 0 Å². The number of alkyl carbamates (subject to hydrolysis) is 1. The molecular weight excluding hydrogens is 374 g/mol. The molecule has 152 valence electrons. The van der Waals surface area contributed by atoms with Crippen LogP contribution in [0.3, 0.4) is 0 Å². The number of aliphatic carboxylic acids is 1. The first-order valence-electron chi connectivity index (χ1n) is 9.52. The van der Waals surface area contributed by atoms with Gasteiger partial charge in [-0.1, -0.05) is 48.5 Å². The van der Waals surface area contributed by atoms with Crippen LogP contribution >= 0.6 is 0 Å². The Morgan fingerprint density at radius 2 is 1.72 bits per heavy atom. The first kappa shape index (κ1) is 19.4. The fourth-order valence-electron chi connectivity index (χ4n) is 3.96. The van der Waals surface area contributed by atoms with E-state index in [2.05, 4.69) is 5.32 Å². The highest BCUT2D eigenvalue weighted by molar-refractivity contribution is 5.81. The Balaban J connectivity index is 1.44. The highest BCUT2D eigenvalue weighted by Crippen LogP contribution is 2.44. The molecule has 7 heteroatoms. The molecule has 2 N–H and O–H groups in total. The van der Waals surface area contributed by atoms with Crippen LogP contribution in [0.25, 0.3) is 11.1 Å². The average Bonchev–Trinajstić information content (AvgIpc) is 3.21. The molecule has 0 aromatic heterocycles. The predicted molar refractivity (Wildman–Crippen MR) is 105 cm³/mol. The number of hydrogen-bond acceptors (Lipinski definition) is 5. The van der Waals surface area contributed by atoms with Gasteiger partial charge in [-0.2, -0.15) is 0 Å². The van der Waals surface area contributed by atoms with Gasteiger partial charge in [0.1, 0.15) is 12.7 Å². The molecule has 2 aromatic rings. The van der Waals surface area contributed by atoms with Crippen molar-refractivity contribution in [1.82, 2.24) is 5.32 Å². The minimum atomic E-state index is -1.26. The van der Waals surface area contributed by atoms with E-state index < -0.39 is 30.0 Å². The van der Waals surface area contributed by atoms with Gasteiger partial charge in [0.15, 0.2) is 11.8 Å². The predicted octanol–water partition coefficient (Wildman–Crippen LogP) is 3.13. The standard InChI is InChI=1S/C22H23NO6/c1-22(2)28-12-18(29-22)19(20(24)25)23-21(26)27-11-17-15-9-5-3-7-13(15)14-8-4-6-10-16(14)17/h3-10,17-19H,11-12H2,1-2H3,(H,23,26)(H,24,25)/t18-,19?/m0/s1. The third-order valence-corrected chi connectivity index (χ3v) is 5.29. The summed E-state index contributed by atoms with van der Waals surface area (Å²) in [6, 6.07) is 14.8. The summed E-state index contributed by atoms with van der Waals surface area (Å²) in [6.45, 7) is 3.58. The summed E-state index contributed by atoms with van der Waals surface area (Å²) < 4.78 is 16.4. The zero-order valence-corrected chi connectivity index (χ0v) is 16.3. The summed E-state index contributed by atoms with van der Waals surface area (Å²) in [5, 5.41) is 11.9. The van der Waals surface area contributed by atoms with Crippen molar-refractivity contribution in [3.63, 3.8) is 0 Å². The summed E-state index contributed by atoms with van der Waals surface area (Å²) in [6.07, 6.45) is -1.59. The van der Waals surface area contributed by atoms with E-state index in [1.807, 2.05) is 48.5 Å². The molecule has 4 rings (SSSR count). The van der Waals surface area contributed by atoms with Crippen molar-refractivity contribution < 1.29 is 28.9 Å². The zero-order chi connectivity index (χ0) is 20.6. The number of carbonyl (C=O) groups is 2. The van der Waals surface area contributed by atoms with Gasteiger partial charge in [-0.3, -0.25) is 0 Å². The maximum absolute atomic E-state index is 12.4. The van der Waals surface area contributed by atoms with Crippen LogP contribution in [0.4, 0.5) is 4.79 Å². The Labute approximate surface area is 168 Å². The van der Waals surface area contributed by atoms with E-state index in [1.165, 1.54) is 0 Å². The molecule has 1 amide bonds. The Kier molecular flexibility index (Phi) is 5.02. The number of ether oxygens (including phenoxy) is 3. The molecule has 1 heterocycles. The second kappa shape index (κ2) is 7.50. The van der Waals surface area contributed by atoms with Crippen molar-refractivity contribution in [2.24, 2.45) is 0 Å². The van der Waals surface area contributed by atoms with E-state index in [1.54, 1.807) is 13.8 Å². The zero-order valence-electron chi connectivity index (χ0n) is 16.3. The molecule has 1 saturated heterocycles. The number of carboxylic acids is 1. The highest BCUT2D eigenvalue weighted by atomic mass is 16.7. The van der Waals surface area contributed by atoms with Gasteiger partial charge in [-0.15, -0.1) is 0 Å². The Bertz CT molecular complexity index is 895. The van der Waals surface area contributed by atoms with E-state index in [-0.39, 0.29) is 19.1 Å². The number of fused-ring (bicyclic) bond motifs is 3. The topological polar surface area (TPSA) is 94.1 Å². The number of rotatable bonds is 5. The fraction of sp³-hybridized carbons (Fsp3) is 0.364. The van der Waals surface area contributed by atoms with Gasteiger partial charge in [-0.05, 0) is 36.1 Å². The normalized spacial score (nSPS) is 20.6. The molecule has 0 spiro atoms. The van der Waals surface area contributed by atoms with Crippen molar-refractivity contribution in [2.45, 2.75) is 37.7 Å². The molecule has 1 aliphatic heterocycles. The number of benzene rings is 2. The van der Waals surface area contributed by atoms with Crippen LogP contribution in [0.1, 0.15) is 30.9 Å². The van der Waals surface area contributed by atoms with Crippen LogP contribution in [0, 0.1) is 0 Å². The molecule has 2 aromatic carbocycles. The Morgan fingerprint density at radius 3 is 2.24 bits per heavy atom. The van der Waals surface area contributed by atoms with Crippen molar-refractivity contribution >= 4 is 12.1 Å². The Hall–Kier alpha value is -2.90. The van der Waals surface area contributed by atoms with Gasteiger partial charge in [-0.25, -0.2) is 9.59 Å². The first-order valence-corrected chi connectivity index (χ1v) is 9.52. The van der Waals surface area contributed by atoms with Crippen LogP contribution in [-0.4, -0.2) is 48.3 Å². The van der Waals surface area contributed by atoms with Crippen LogP contribution in [0.5, 0.6) is 0 Å². The summed E-state index contributed by atoms with van der Waals surface area (Å²) >= 11 is 0. The molecule has 0 saturated carbocycles. The van der Waals surface area contributed by atoms with E-state index in [0.29, 0.717) is 0 Å². The second-order valence-electron chi connectivity index (χ2n) is 7.65. The van der Waals surface area contributed by atoms with Crippen molar-refractivity contribution in [1.29, 1.82) is 0 Å². The number of amides is 1. The number of hydrogen-bond donors (Lipinski definition) is 2. The van der Waals surface area contributed by atoms with Gasteiger partial charge in [0, 0.05) is 5.92 Å². The lowest BCUT2D eigenvalue weighted by atomic mass is 9.98. The number of nitrogens with one attached hydrogen (secondary N) is 1. The molecular formula is C22H23NO6.